The predicted octanol–water partition coefficient (Wildman–Crippen LogP) is 1.91. The molecular formula is C17H26N2O2. The number of rotatable bonds is 6. The number of carbonyl (C=O) groups excluding carboxylic acids is 1. The lowest BCUT2D eigenvalue weighted by molar-refractivity contribution is -0.126. The molecule has 0 aromatic heterocycles. The van der Waals surface area contributed by atoms with Gasteiger partial charge in [-0.05, 0) is 11.5 Å². The molecule has 1 fully saturated rings. The molecule has 0 spiro atoms. The Morgan fingerprint density at radius 1 is 1.38 bits per heavy atom. The number of methoxy groups -OCH3 is 1. The number of benzene rings is 1. The third kappa shape index (κ3) is 4.55. The van der Waals surface area contributed by atoms with Crippen molar-refractivity contribution in [2.24, 2.45) is 11.8 Å². The van der Waals surface area contributed by atoms with Crippen molar-refractivity contribution in [2.45, 2.75) is 26.4 Å². The van der Waals surface area contributed by atoms with Crippen molar-refractivity contribution in [3.8, 4) is 0 Å². The van der Waals surface area contributed by atoms with Crippen LogP contribution in [0.5, 0.6) is 0 Å². The van der Waals surface area contributed by atoms with Crippen molar-refractivity contribution >= 4 is 5.91 Å². The molecule has 0 saturated carbocycles. The number of nitrogens with one attached hydrogen (secondary N) is 1. The van der Waals surface area contributed by atoms with E-state index in [1.54, 1.807) is 7.11 Å². The van der Waals surface area contributed by atoms with E-state index in [1.807, 2.05) is 13.0 Å². The van der Waals surface area contributed by atoms with Gasteiger partial charge in [-0.1, -0.05) is 44.2 Å². The Labute approximate surface area is 127 Å². The summed E-state index contributed by atoms with van der Waals surface area (Å²) >= 11 is 0. The maximum Gasteiger partial charge on any atom is 0.225 e. The minimum atomic E-state index is -0.0922. The zero-order valence-corrected chi connectivity index (χ0v) is 13.2. The number of nitrogens with zero attached hydrogens (tertiary/aromatic N) is 1. The minimum absolute atomic E-state index is 0.0922. The second-order valence-electron chi connectivity index (χ2n) is 6.13. The Kier molecular flexibility index (Phi) is 5.76. The Hall–Kier alpha value is -1.39. The Balaban J connectivity index is 1.85. The van der Waals surface area contributed by atoms with Crippen LogP contribution in [0, 0.1) is 11.8 Å². The van der Waals surface area contributed by atoms with Gasteiger partial charge in [0.2, 0.25) is 5.91 Å². The van der Waals surface area contributed by atoms with E-state index in [-0.39, 0.29) is 17.9 Å². The van der Waals surface area contributed by atoms with Gasteiger partial charge >= 0.3 is 0 Å². The first-order valence-corrected chi connectivity index (χ1v) is 7.65. The van der Waals surface area contributed by atoms with Crippen LogP contribution in [0.1, 0.15) is 19.4 Å². The van der Waals surface area contributed by atoms with Gasteiger partial charge in [-0.2, -0.15) is 0 Å². The summed E-state index contributed by atoms with van der Waals surface area (Å²) in [5, 5.41) is 3.17. The van der Waals surface area contributed by atoms with Gasteiger partial charge < -0.3 is 10.1 Å². The predicted molar refractivity (Wildman–Crippen MR) is 83.9 cm³/mol. The first kappa shape index (κ1) is 16.0. The fraction of sp³-hybridized carbons (Fsp3) is 0.588. The molecule has 1 aliphatic rings. The molecule has 1 N–H and O–H groups in total. The number of amides is 1. The van der Waals surface area contributed by atoms with Crippen LogP contribution in [-0.2, 0) is 16.1 Å². The highest BCUT2D eigenvalue weighted by Crippen LogP contribution is 2.19. The van der Waals surface area contributed by atoms with Crippen LogP contribution in [0.2, 0.25) is 0 Å². The van der Waals surface area contributed by atoms with E-state index >= 15 is 0 Å². The first-order valence-electron chi connectivity index (χ1n) is 7.65. The monoisotopic (exact) mass is 290 g/mol. The van der Waals surface area contributed by atoms with E-state index in [4.69, 9.17) is 4.74 Å². The van der Waals surface area contributed by atoms with Gasteiger partial charge in [0.15, 0.2) is 0 Å². The van der Waals surface area contributed by atoms with Crippen LogP contribution in [0.4, 0.5) is 0 Å². The standard InChI is InChI=1S/C17H26N2O2/c1-13-9-19(10-15-7-5-4-6-8-15)11-16(13)18-17(20)14(2)12-21-3/h4-8,13-14,16H,9-12H2,1-3H3,(H,18,20)/t13-,14+,16+/m1/s1. The first-order chi connectivity index (χ1) is 10.1. The van der Waals surface area contributed by atoms with Crippen molar-refractivity contribution in [2.75, 3.05) is 26.8 Å². The normalized spacial score (nSPS) is 24.0. The molecular weight excluding hydrogens is 264 g/mol. The molecule has 1 amide bonds. The van der Waals surface area contributed by atoms with Crippen molar-refractivity contribution in [1.82, 2.24) is 10.2 Å². The summed E-state index contributed by atoms with van der Waals surface area (Å²) in [6, 6.07) is 10.7. The highest BCUT2D eigenvalue weighted by molar-refractivity contribution is 5.78. The second-order valence-corrected chi connectivity index (χ2v) is 6.13. The molecule has 1 aliphatic heterocycles. The molecule has 1 heterocycles. The second kappa shape index (κ2) is 7.57. The number of hydrogen-bond acceptors (Lipinski definition) is 3. The van der Waals surface area contributed by atoms with Gasteiger partial charge in [0.1, 0.15) is 0 Å². The SMILES string of the molecule is COC[C@H](C)C(=O)N[C@H]1CN(Cc2ccccc2)C[C@H]1C. The summed E-state index contributed by atoms with van der Waals surface area (Å²) in [7, 11) is 1.63. The van der Waals surface area contributed by atoms with Crippen molar-refractivity contribution in [3.63, 3.8) is 0 Å². The van der Waals surface area contributed by atoms with Gasteiger partial charge in [0.25, 0.3) is 0 Å². The summed E-state index contributed by atoms with van der Waals surface area (Å²) in [5.41, 5.74) is 1.32. The van der Waals surface area contributed by atoms with E-state index in [1.165, 1.54) is 5.56 Å². The minimum Gasteiger partial charge on any atom is -0.384 e. The number of hydrogen-bond donors (Lipinski definition) is 1. The molecule has 0 aliphatic carbocycles. The molecule has 116 valence electrons. The average Bonchev–Trinajstić information content (AvgIpc) is 2.80. The molecule has 1 aromatic rings. The molecule has 0 bridgehead atoms. The summed E-state index contributed by atoms with van der Waals surface area (Å²) in [4.78, 5) is 14.5. The van der Waals surface area contributed by atoms with Crippen molar-refractivity contribution in [3.05, 3.63) is 35.9 Å². The van der Waals surface area contributed by atoms with Crippen LogP contribution in [-0.4, -0.2) is 43.7 Å². The molecule has 21 heavy (non-hydrogen) atoms. The summed E-state index contributed by atoms with van der Waals surface area (Å²) in [6.07, 6.45) is 0. The van der Waals surface area contributed by atoms with Crippen LogP contribution in [0.3, 0.4) is 0 Å². The highest BCUT2D eigenvalue weighted by atomic mass is 16.5. The lowest BCUT2D eigenvalue weighted by atomic mass is 10.1. The third-order valence-electron chi connectivity index (χ3n) is 4.13. The van der Waals surface area contributed by atoms with Crippen LogP contribution in [0.15, 0.2) is 30.3 Å². The molecule has 1 aromatic carbocycles. The fourth-order valence-electron chi connectivity index (χ4n) is 2.88. The zero-order chi connectivity index (χ0) is 15.2. The van der Waals surface area contributed by atoms with Gasteiger partial charge in [-0.25, -0.2) is 0 Å². The maximum absolute atomic E-state index is 12.1. The number of ether oxygens (including phenoxy) is 1. The van der Waals surface area contributed by atoms with E-state index in [0.717, 1.165) is 19.6 Å². The lowest BCUT2D eigenvalue weighted by Gasteiger charge is -2.19. The van der Waals surface area contributed by atoms with E-state index in [2.05, 4.69) is 41.4 Å². The summed E-state index contributed by atoms with van der Waals surface area (Å²) < 4.78 is 5.04. The highest BCUT2D eigenvalue weighted by Gasteiger charge is 2.31. The summed E-state index contributed by atoms with van der Waals surface area (Å²) in [6.45, 7) is 7.48. The van der Waals surface area contributed by atoms with E-state index in [0.29, 0.717) is 12.5 Å². The number of likely N-dealkylation sites (tertiary alicyclic amines) is 1. The molecule has 3 atom stereocenters. The summed E-state index contributed by atoms with van der Waals surface area (Å²) in [5.74, 6) is 0.480. The molecule has 0 unspecified atom stereocenters. The van der Waals surface area contributed by atoms with Crippen LogP contribution in [0.25, 0.3) is 0 Å². The Morgan fingerprint density at radius 2 is 2.10 bits per heavy atom. The number of carbonyl (C=O) groups is 1. The third-order valence-corrected chi connectivity index (χ3v) is 4.13. The molecule has 4 nitrogen and oxygen atoms in total. The molecule has 4 heteroatoms. The maximum atomic E-state index is 12.1. The van der Waals surface area contributed by atoms with Gasteiger partial charge in [0.05, 0.1) is 12.5 Å². The quantitative estimate of drug-likeness (QED) is 0.870. The molecule has 0 radical (unpaired) electrons. The molecule has 2 rings (SSSR count). The topological polar surface area (TPSA) is 41.6 Å². The van der Waals surface area contributed by atoms with Crippen molar-refractivity contribution < 1.29 is 9.53 Å². The molecule has 1 saturated heterocycles. The van der Waals surface area contributed by atoms with Gasteiger partial charge in [-0.3, -0.25) is 9.69 Å². The fourth-order valence-corrected chi connectivity index (χ4v) is 2.88. The van der Waals surface area contributed by atoms with E-state index < -0.39 is 0 Å². The largest absolute Gasteiger partial charge is 0.384 e. The van der Waals surface area contributed by atoms with Crippen molar-refractivity contribution in [1.29, 1.82) is 0 Å². The Bertz CT molecular complexity index is 449. The van der Waals surface area contributed by atoms with Crippen LogP contribution >= 0.6 is 0 Å². The van der Waals surface area contributed by atoms with E-state index in [9.17, 15) is 4.79 Å². The average molecular weight is 290 g/mol. The smallest absolute Gasteiger partial charge is 0.225 e. The van der Waals surface area contributed by atoms with Crippen LogP contribution < -0.4 is 5.32 Å². The Morgan fingerprint density at radius 3 is 2.76 bits per heavy atom. The zero-order valence-electron chi connectivity index (χ0n) is 13.2. The van der Waals surface area contributed by atoms with Gasteiger partial charge in [-0.15, -0.1) is 0 Å². The lowest BCUT2D eigenvalue weighted by Crippen LogP contribution is -2.43. The van der Waals surface area contributed by atoms with Gasteiger partial charge in [0, 0.05) is 32.8 Å².